The molecule has 0 fully saturated rings. The van der Waals surface area contributed by atoms with Crippen LogP contribution in [0.1, 0.15) is 36.8 Å². The van der Waals surface area contributed by atoms with Crippen LogP contribution in [-0.2, 0) is 5.41 Å². The maximum absolute atomic E-state index is 11.7. The predicted octanol–water partition coefficient (Wildman–Crippen LogP) is 1.99. The molecule has 0 bridgehead atoms. The van der Waals surface area contributed by atoms with Crippen molar-refractivity contribution in [2.24, 2.45) is 0 Å². The first-order valence-corrected chi connectivity index (χ1v) is 5.64. The lowest BCUT2D eigenvalue weighted by molar-refractivity contribution is 0.0957. The molecule has 2 heterocycles. The summed E-state index contributed by atoms with van der Waals surface area (Å²) in [5.41, 5.74) is 2.59. The number of pyridine rings is 1. The zero-order valence-electron chi connectivity index (χ0n) is 10.6. The van der Waals surface area contributed by atoms with Crippen LogP contribution in [0.4, 0.5) is 0 Å². The standard InChI is InChI=1S/C13H17N3O/c1-13(2,3)9-5-6-10(12(17)14-4)16-8-7-15-11(9)16/h5-8H,1-4H3,(H,14,17). The van der Waals surface area contributed by atoms with Gasteiger partial charge in [0.15, 0.2) is 0 Å². The molecule has 1 amide bonds. The first-order chi connectivity index (χ1) is 7.95. The second kappa shape index (κ2) is 3.87. The van der Waals surface area contributed by atoms with E-state index >= 15 is 0 Å². The van der Waals surface area contributed by atoms with Crippen molar-refractivity contribution in [2.45, 2.75) is 26.2 Å². The van der Waals surface area contributed by atoms with Gasteiger partial charge < -0.3 is 5.32 Å². The summed E-state index contributed by atoms with van der Waals surface area (Å²) in [7, 11) is 1.63. The molecule has 4 heteroatoms. The Hall–Kier alpha value is -1.84. The highest BCUT2D eigenvalue weighted by Crippen LogP contribution is 2.26. The Morgan fingerprint density at radius 2 is 2.06 bits per heavy atom. The van der Waals surface area contributed by atoms with Crippen molar-refractivity contribution in [1.82, 2.24) is 14.7 Å². The molecule has 90 valence electrons. The predicted molar refractivity (Wildman–Crippen MR) is 67.3 cm³/mol. The third kappa shape index (κ3) is 1.90. The van der Waals surface area contributed by atoms with Gasteiger partial charge in [0.2, 0.25) is 0 Å². The van der Waals surface area contributed by atoms with E-state index in [1.807, 2.05) is 22.7 Å². The van der Waals surface area contributed by atoms with Gasteiger partial charge in [-0.15, -0.1) is 0 Å². The molecule has 0 aliphatic heterocycles. The first-order valence-electron chi connectivity index (χ1n) is 5.64. The van der Waals surface area contributed by atoms with Crippen molar-refractivity contribution < 1.29 is 4.79 Å². The van der Waals surface area contributed by atoms with Gasteiger partial charge in [0, 0.05) is 25.0 Å². The quantitative estimate of drug-likeness (QED) is 0.815. The normalized spacial score (nSPS) is 11.8. The van der Waals surface area contributed by atoms with Crippen LogP contribution in [0.15, 0.2) is 24.5 Å². The van der Waals surface area contributed by atoms with Crippen molar-refractivity contribution in [3.63, 3.8) is 0 Å². The molecule has 0 saturated carbocycles. The topological polar surface area (TPSA) is 46.4 Å². The second-order valence-electron chi connectivity index (χ2n) is 5.08. The number of carbonyl (C=O) groups excluding carboxylic acids is 1. The molecule has 0 spiro atoms. The Bertz CT molecular complexity index is 564. The number of amides is 1. The number of nitrogens with zero attached hydrogens (tertiary/aromatic N) is 2. The van der Waals surface area contributed by atoms with E-state index in [9.17, 15) is 4.79 Å². The zero-order chi connectivity index (χ0) is 12.6. The minimum absolute atomic E-state index is 0.00776. The minimum atomic E-state index is -0.103. The summed E-state index contributed by atoms with van der Waals surface area (Å²) in [5.74, 6) is -0.103. The highest BCUT2D eigenvalue weighted by molar-refractivity contribution is 5.93. The maximum Gasteiger partial charge on any atom is 0.268 e. The van der Waals surface area contributed by atoms with Crippen molar-refractivity contribution in [3.8, 4) is 0 Å². The Morgan fingerprint density at radius 3 is 2.65 bits per heavy atom. The van der Waals surface area contributed by atoms with Crippen LogP contribution < -0.4 is 5.32 Å². The number of aromatic nitrogens is 2. The van der Waals surface area contributed by atoms with Gasteiger partial charge in [-0.25, -0.2) is 4.98 Å². The van der Waals surface area contributed by atoms with Gasteiger partial charge in [-0.3, -0.25) is 9.20 Å². The van der Waals surface area contributed by atoms with Gasteiger partial charge in [0.25, 0.3) is 5.91 Å². The van der Waals surface area contributed by atoms with Gasteiger partial charge in [-0.1, -0.05) is 26.8 Å². The SMILES string of the molecule is CNC(=O)c1ccc(C(C)(C)C)c2nccn12. The number of carbonyl (C=O) groups is 1. The molecule has 2 aromatic heterocycles. The van der Waals surface area contributed by atoms with Gasteiger partial charge >= 0.3 is 0 Å². The average molecular weight is 231 g/mol. The molecule has 17 heavy (non-hydrogen) atoms. The molecule has 0 radical (unpaired) electrons. The van der Waals surface area contributed by atoms with Crippen LogP contribution in [0.5, 0.6) is 0 Å². The van der Waals surface area contributed by atoms with E-state index in [1.165, 1.54) is 0 Å². The van der Waals surface area contributed by atoms with Crippen molar-refractivity contribution in [1.29, 1.82) is 0 Å². The summed E-state index contributed by atoms with van der Waals surface area (Å²) in [6, 6.07) is 3.82. The van der Waals surface area contributed by atoms with E-state index in [-0.39, 0.29) is 11.3 Å². The van der Waals surface area contributed by atoms with E-state index < -0.39 is 0 Å². The zero-order valence-corrected chi connectivity index (χ0v) is 10.6. The lowest BCUT2D eigenvalue weighted by Crippen LogP contribution is -2.22. The molecule has 0 unspecified atom stereocenters. The summed E-state index contributed by atoms with van der Waals surface area (Å²) >= 11 is 0. The fourth-order valence-corrected chi connectivity index (χ4v) is 1.91. The van der Waals surface area contributed by atoms with Crippen LogP contribution >= 0.6 is 0 Å². The number of nitrogens with one attached hydrogen (secondary N) is 1. The van der Waals surface area contributed by atoms with Crippen LogP contribution in [0.2, 0.25) is 0 Å². The fourth-order valence-electron chi connectivity index (χ4n) is 1.91. The molecule has 0 aliphatic rings. The summed E-state index contributed by atoms with van der Waals surface area (Å²) in [6.45, 7) is 6.41. The summed E-state index contributed by atoms with van der Waals surface area (Å²) in [5, 5.41) is 2.63. The highest BCUT2D eigenvalue weighted by Gasteiger charge is 2.20. The smallest absolute Gasteiger partial charge is 0.268 e. The molecular weight excluding hydrogens is 214 g/mol. The van der Waals surface area contributed by atoms with E-state index in [2.05, 4.69) is 31.1 Å². The second-order valence-corrected chi connectivity index (χ2v) is 5.08. The van der Waals surface area contributed by atoms with Crippen LogP contribution in [-0.4, -0.2) is 22.3 Å². The monoisotopic (exact) mass is 231 g/mol. The summed E-state index contributed by atoms with van der Waals surface area (Å²) in [6.07, 6.45) is 3.53. The van der Waals surface area contributed by atoms with Crippen LogP contribution in [0, 0.1) is 0 Å². The molecule has 4 nitrogen and oxygen atoms in total. The molecule has 0 aliphatic carbocycles. The maximum atomic E-state index is 11.7. The van der Waals surface area contributed by atoms with E-state index in [1.54, 1.807) is 13.2 Å². The number of rotatable bonds is 1. The van der Waals surface area contributed by atoms with Gasteiger partial charge in [0.05, 0.1) is 0 Å². The number of fused-ring (bicyclic) bond motifs is 1. The number of imidazole rings is 1. The molecule has 0 atom stereocenters. The van der Waals surface area contributed by atoms with Gasteiger partial charge in [0.1, 0.15) is 11.3 Å². The third-order valence-corrected chi connectivity index (χ3v) is 2.82. The molecule has 2 rings (SSSR count). The van der Waals surface area contributed by atoms with Gasteiger partial charge in [-0.2, -0.15) is 0 Å². The molecular formula is C13H17N3O. The minimum Gasteiger partial charge on any atom is -0.354 e. The Morgan fingerprint density at radius 1 is 1.35 bits per heavy atom. The van der Waals surface area contributed by atoms with E-state index in [0.29, 0.717) is 5.69 Å². The lowest BCUT2D eigenvalue weighted by atomic mass is 9.87. The molecule has 0 aromatic carbocycles. The van der Waals surface area contributed by atoms with Crippen molar-refractivity contribution >= 4 is 11.6 Å². The number of hydrogen-bond donors (Lipinski definition) is 1. The van der Waals surface area contributed by atoms with E-state index in [4.69, 9.17) is 0 Å². The van der Waals surface area contributed by atoms with Crippen molar-refractivity contribution in [3.05, 3.63) is 35.8 Å². The summed E-state index contributed by atoms with van der Waals surface area (Å²) < 4.78 is 1.83. The third-order valence-electron chi connectivity index (χ3n) is 2.82. The molecule has 2 aromatic rings. The van der Waals surface area contributed by atoms with E-state index in [0.717, 1.165) is 11.2 Å². The first kappa shape index (κ1) is 11.6. The Balaban J connectivity index is 2.71. The number of hydrogen-bond acceptors (Lipinski definition) is 2. The summed E-state index contributed by atoms with van der Waals surface area (Å²) in [4.78, 5) is 16.1. The Kier molecular flexibility index (Phi) is 2.65. The Labute approximate surface area is 101 Å². The molecule has 0 saturated heterocycles. The fraction of sp³-hybridized carbons (Fsp3) is 0.385. The van der Waals surface area contributed by atoms with Crippen LogP contribution in [0.3, 0.4) is 0 Å². The molecule has 1 N–H and O–H groups in total. The highest BCUT2D eigenvalue weighted by atomic mass is 16.1. The van der Waals surface area contributed by atoms with Crippen LogP contribution in [0.25, 0.3) is 5.65 Å². The lowest BCUT2D eigenvalue weighted by Gasteiger charge is -2.20. The van der Waals surface area contributed by atoms with Crippen molar-refractivity contribution in [2.75, 3.05) is 7.05 Å². The largest absolute Gasteiger partial charge is 0.354 e. The average Bonchev–Trinajstić information content (AvgIpc) is 2.73. The van der Waals surface area contributed by atoms with Gasteiger partial charge in [-0.05, 0) is 11.5 Å².